The fourth-order valence-electron chi connectivity index (χ4n) is 2.69. The maximum atomic E-state index is 13.1. The average molecular weight is 373 g/mol. The molecule has 3 rings (SSSR count). The maximum Gasteiger partial charge on any atom is 0.287 e. The number of carbonyl (C=O) groups excluding carboxylic acids is 1. The Bertz CT molecular complexity index is 892. The summed E-state index contributed by atoms with van der Waals surface area (Å²) in [4.78, 5) is 13.6. The summed E-state index contributed by atoms with van der Waals surface area (Å²) in [5.74, 6) is 0.323. The highest BCUT2D eigenvalue weighted by molar-refractivity contribution is 7.98. The van der Waals surface area contributed by atoms with E-state index in [1.54, 1.807) is 19.2 Å². The van der Waals surface area contributed by atoms with Crippen molar-refractivity contribution in [3.05, 3.63) is 65.7 Å². The van der Waals surface area contributed by atoms with Gasteiger partial charge < -0.3 is 14.5 Å². The number of hydrogen-bond donors (Lipinski definition) is 1. The molecule has 0 aliphatic heterocycles. The predicted octanol–water partition coefficient (Wildman–Crippen LogP) is 4.63. The number of fused-ring (bicyclic) bond motifs is 1. The van der Waals surface area contributed by atoms with Crippen molar-refractivity contribution in [2.75, 3.05) is 13.7 Å². The lowest BCUT2D eigenvalue weighted by atomic mass is 10.1. The zero-order chi connectivity index (χ0) is 18.5. The summed E-state index contributed by atoms with van der Waals surface area (Å²) in [6.07, 6.45) is 0. The number of nitrogens with one attached hydrogen (secondary N) is 1. The van der Waals surface area contributed by atoms with Crippen LogP contribution in [0.25, 0.3) is 11.0 Å². The number of benzene rings is 2. The quantitative estimate of drug-likeness (QED) is 0.614. The fourth-order valence-corrected chi connectivity index (χ4v) is 3.62. The van der Waals surface area contributed by atoms with Crippen molar-refractivity contribution in [3.63, 3.8) is 0 Å². The molecule has 0 bridgehead atoms. The third-order valence-corrected chi connectivity index (χ3v) is 4.93. The molecule has 0 fully saturated rings. The lowest BCUT2D eigenvalue weighted by Crippen LogP contribution is -2.35. The molecule has 1 amide bonds. The minimum atomic E-state index is -0.268. The van der Waals surface area contributed by atoms with Crippen molar-refractivity contribution in [1.82, 2.24) is 5.32 Å². The Kier molecular flexibility index (Phi) is 5.96. The molecule has 1 aromatic heterocycles. The van der Waals surface area contributed by atoms with Gasteiger partial charge in [-0.25, -0.2) is 4.39 Å². The van der Waals surface area contributed by atoms with Gasteiger partial charge in [-0.15, -0.1) is 11.8 Å². The van der Waals surface area contributed by atoms with E-state index in [-0.39, 0.29) is 17.8 Å². The SMILES string of the molecule is COCC(C)NC(=O)c1oc2ccccc2c1CSc1ccc(F)cc1. The van der Waals surface area contributed by atoms with E-state index in [0.29, 0.717) is 23.7 Å². The zero-order valence-electron chi connectivity index (χ0n) is 14.6. The number of hydrogen-bond acceptors (Lipinski definition) is 4. The van der Waals surface area contributed by atoms with Gasteiger partial charge in [-0.2, -0.15) is 0 Å². The van der Waals surface area contributed by atoms with Crippen LogP contribution in [0.5, 0.6) is 0 Å². The van der Waals surface area contributed by atoms with Crippen LogP contribution < -0.4 is 5.32 Å². The van der Waals surface area contributed by atoms with E-state index in [2.05, 4.69) is 5.32 Å². The van der Waals surface area contributed by atoms with Crippen molar-refractivity contribution in [3.8, 4) is 0 Å². The van der Waals surface area contributed by atoms with Gasteiger partial charge in [0.2, 0.25) is 0 Å². The van der Waals surface area contributed by atoms with E-state index >= 15 is 0 Å². The second kappa shape index (κ2) is 8.38. The summed E-state index contributed by atoms with van der Waals surface area (Å²) in [5.41, 5.74) is 1.50. The molecule has 1 N–H and O–H groups in total. The van der Waals surface area contributed by atoms with Gasteiger partial charge in [-0.05, 0) is 37.3 Å². The summed E-state index contributed by atoms with van der Waals surface area (Å²) in [6.45, 7) is 2.29. The average Bonchev–Trinajstić information content (AvgIpc) is 3.00. The Balaban J connectivity index is 1.86. The van der Waals surface area contributed by atoms with Crippen LogP contribution in [-0.2, 0) is 10.5 Å². The van der Waals surface area contributed by atoms with Crippen molar-refractivity contribution in [1.29, 1.82) is 0 Å². The van der Waals surface area contributed by atoms with E-state index in [1.807, 2.05) is 31.2 Å². The van der Waals surface area contributed by atoms with Crippen LogP contribution in [0.2, 0.25) is 0 Å². The molecule has 1 unspecified atom stereocenters. The van der Waals surface area contributed by atoms with E-state index < -0.39 is 0 Å². The number of furan rings is 1. The topological polar surface area (TPSA) is 51.5 Å². The normalized spacial score (nSPS) is 12.3. The van der Waals surface area contributed by atoms with E-state index in [0.717, 1.165) is 15.8 Å². The summed E-state index contributed by atoms with van der Waals surface area (Å²) >= 11 is 1.53. The van der Waals surface area contributed by atoms with Gasteiger partial charge in [0.25, 0.3) is 5.91 Å². The Morgan fingerprint density at radius 2 is 1.96 bits per heavy atom. The molecule has 6 heteroatoms. The number of para-hydroxylation sites is 1. The molecule has 0 aliphatic carbocycles. The highest BCUT2D eigenvalue weighted by Gasteiger charge is 2.21. The zero-order valence-corrected chi connectivity index (χ0v) is 15.4. The fraction of sp³-hybridized carbons (Fsp3) is 0.250. The number of methoxy groups -OCH3 is 1. The predicted molar refractivity (Wildman–Crippen MR) is 101 cm³/mol. The molecule has 3 aromatic rings. The first kappa shape index (κ1) is 18.5. The molecule has 1 heterocycles. The van der Waals surface area contributed by atoms with E-state index in [9.17, 15) is 9.18 Å². The van der Waals surface area contributed by atoms with Gasteiger partial charge in [0.05, 0.1) is 6.61 Å². The molecule has 26 heavy (non-hydrogen) atoms. The van der Waals surface area contributed by atoms with E-state index in [4.69, 9.17) is 9.15 Å². The van der Waals surface area contributed by atoms with Crippen molar-refractivity contribution >= 4 is 28.6 Å². The molecular formula is C20H20FNO3S. The maximum absolute atomic E-state index is 13.1. The third kappa shape index (κ3) is 4.26. The van der Waals surface area contributed by atoms with Gasteiger partial charge in [0, 0.05) is 34.7 Å². The highest BCUT2D eigenvalue weighted by Crippen LogP contribution is 2.32. The van der Waals surface area contributed by atoms with Gasteiger partial charge in [-0.1, -0.05) is 18.2 Å². The summed E-state index contributed by atoms with van der Waals surface area (Å²) in [6, 6.07) is 13.7. The van der Waals surface area contributed by atoms with E-state index in [1.165, 1.54) is 23.9 Å². The number of ether oxygens (including phenoxy) is 1. The summed E-state index contributed by atoms with van der Waals surface area (Å²) in [7, 11) is 1.59. The monoisotopic (exact) mass is 373 g/mol. The lowest BCUT2D eigenvalue weighted by Gasteiger charge is -2.12. The molecule has 1 atom stereocenters. The number of halogens is 1. The minimum Gasteiger partial charge on any atom is -0.451 e. The Labute approximate surface area is 155 Å². The summed E-state index contributed by atoms with van der Waals surface area (Å²) in [5, 5.41) is 3.80. The van der Waals surface area contributed by atoms with Crippen LogP contribution in [0.3, 0.4) is 0 Å². The van der Waals surface area contributed by atoms with Crippen molar-refractivity contribution in [2.24, 2.45) is 0 Å². The van der Waals surface area contributed by atoms with Crippen LogP contribution in [0.15, 0.2) is 57.8 Å². The first-order valence-corrected chi connectivity index (χ1v) is 9.25. The smallest absolute Gasteiger partial charge is 0.287 e. The largest absolute Gasteiger partial charge is 0.451 e. The van der Waals surface area contributed by atoms with Gasteiger partial charge in [0.1, 0.15) is 11.4 Å². The van der Waals surface area contributed by atoms with Crippen LogP contribution in [-0.4, -0.2) is 25.7 Å². The molecule has 0 spiro atoms. The first-order valence-electron chi connectivity index (χ1n) is 8.27. The molecule has 4 nitrogen and oxygen atoms in total. The summed E-state index contributed by atoms with van der Waals surface area (Å²) < 4.78 is 24.0. The van der Waals surface area contributed by atoms with Gasteiger partial charge in [-0.3, -0.25) is 4.79 Å². The Morgan fingerprint density at radius 3 is 2.69 bits per heavy atom. The molecule has 0 saturated heterocycles. The van der Waals surface area contributed by atoms with Crippen LogP contribution in [0.1, 0.15) is 23.0 Å². The number of rotatable bonds is 7. The second-order valence-corrected chi connectivity index (χ2v) is 7.03. The lowest BCUT2D eigenvalue weighted by molar-refractivity contribution is 0.0879. The standard InChI is InChI=1S/C20H20FNO3S/c1-13(11-24-2)22-20(23)19-17(16-5-3-4-6-18(16)25-19)12-26-15-9-7-14(21)8-10-15/h3-10,13H,11-12H2,1-2H3,(H,22,23). The number of carbonyl (C=O) groups is 1. The van der Waals surface area contributed by atoms with Gasteiger partial charge >= 0.3 is 0 Å². The number of amides is 1. The van der Waals surface area contributed by atoms with Gasteiger partial charge in [0.15, 0.2) is 5.76 Å². The third-order valence-electron chi connectivity index (χ3n) is 3.90. The highest BCUT2D eigenvalue weighted by atomic mass is 32.2. The molecule has 0 saturated carbocycles. The van der Waals surface area contributed by atoms with Crippen LogP contribution in [0, 0.1) is 5.82 Å². The molecular weight excluding hydrogens is 353 g/mol. The first-order chi connectivity index (χ1) is 12.6. The van der Waals surface area contributed by atoms with Crippen molar-refractivity contribution < 1.29 is 18.3 Å². The molecule has 136 valence electrons. The van der Waals surface area contributed by atoms with Crippen LogP contribution >= 0.6 is 11.8 Å². The Morgan fingerprint density at radius 1 is 1.23 bits per heavy atom. The molecule has 0 radical (unpaired) electrons. The second-order valence-electron chi connectivity index (χ2n) is 5.98. The minimum absolute atomic E-state index is 0.127. The molecule has 2 aromatic carbocycles. The van der Waals surface area contributed by atoms with Crippen LogP contribution in [0.4, 0.5) is 4.39 Å². The molecule has 0 aliphatic rings. The number of thioether (sulfide) groups is 1. The van der Waals surface area contributed by atoms with Crippen molar-refractivity contribution in [2.45, 2.75) is 23.6 Å². The Hall–Kier alpha value is -2.31.